The van der Waals surface area contributed by atoms with Crippen molar-refractivity contribution in [2.24, 2.45) is 29.6 Å². The van der Waals surface area contributed by atoms with E-state index in [2.05, 4.69) is 26.8 Å². The van der Waals surface area contributed by atoms with Gasteiger partial charge in [-0.05, 0) is 62.7 Å². The van der Waals surface area contributed by atoms with Crippen molar-refractivity contribution in [1.29, 1.82) is 0 Å². The van der Waals surface area contributed by atoms with Crippen LogP contribution in [0.25, 0.3) is 0 Å². The summed E-state index contributed by atoms with van der Waals surface area (Å²) in [5.74, 6) is -1.49. The van der Waals surface area contributed by atoms with E-state index in [9.17, 15) is 50.8 Å². The van der Waals surface area contributed by atoms with E-state index in [1.54, 1.807) is 33.8 Å². The van der Waals surface area contributed by atoms with E-state index >= 15 is 0 Å². The molecular weight excluding hydrogens is 704 g/mol. The molecule has 1 aliphatic heterocycles. The lowest BCUT2D eigenvalue weighted by molar-refractivity contribution is -0.310. The Kier molecular flexibility index (Phi) is 22.1. The molecule has 0 amide bonds. The monoisotopic (exact) mass is 774 g/mol. The number of esters is 1. The fourth-order valence-corrected chi connectivity index (χ4v) is 6.71. The SMILES string of the molecule is CCC(C)CC(C)C=C(C)C(O[C@@H]1O[C@H](CO)[C@@H](O)[C@H](O)[C@@H]1O)C(C)C=C(C)C(O)C(C)C=C(C)C(O)C(C)C=C(C)C(=O)OC[C@@H](O)[C@@H](O)[C@H](O)CO. The number of aliphatic hydroxyl groups is 10. The van der Waals surface area contributed by atoms with Gasteiger partial charge < -0.3 is 65.3 Å². The number of aliphatic hydroxyl groups excluding tert-OH is 10. The smallest absolute Gasteiger partial charge is 0.333 e. The van der Waals surface area contributed by atoms with Crippen molar-refractivity contribution in [2.75, 3.05) is 19.8 Å². The van der Waals surface area contributed by atoms with Crippen molar-refractivity contribution in [3.8, 4) is 0 Å². The summed E-state index contributed by atoms with van der Waals surface area (Å²) in [5.41, 5.74) is 2.14. The van der Waals surface area contributed by atoms with Gasteiger partial charge in [0.1, 0.15) is 49.3 Å². The van der Waals surface area contributed by atoms with Gasteiger partial charge in [-0.25, -0.2) is 4.79 Å². The second-order valence-electron chi connectivity index (χ2n) is 15.4. The van der Waals surface area contributed by atoms with Gasteiger partial charge in [-0.2, -0.15) is 0 Å². The summed E-state index contributed by atoms with van der Waals surface area (Å²) in [7, 11) is 0. The molecule has 0 spiro atoms. The third kappa shape index (κ3) is 15.1. The van der Waals surface area contributed by atoms with E-state index in [4.69, 9.17) is 19.3 Å². The summed E-state index contributed by atoms with van der Waals surface area (Å²) in [6, 6.07) is 0. The quantitative estimate of drug-likeness (QED) is 0.0423. The zero-order valence-electron chi connectivity index (χ0n) is 33.7. The average Bonchev–Trinajstić information content (AvgIpc) is 3.13. The van der Waals surface area contributed by atoms with Gasteiger partial charge in [0.05, 0.1) is 31.5 Å². The predicted molar refractivity (Wildman–Crippen MR) is 202 cm³/mol. The Hall–Kier alpha value is -2.05. The first-order valence-electron chi connectivity index (χ1n) is 19.0. The summed E-state index contributed by atoms with van der Waals surface area (Å²) in [4.78, 5) is 12.5. The summed E-state index contributed by atoms with van der Waals surface area (Å²) in [6.07, 6.45) is -5.61. The van der Waals surface area contributed by atoms with Crippen LogP contribution < -0.4 is 0 Å². The van der Waals surface area contributed by atoms with Crippen molar-refractivity contribution in [1.82, 2.24) is 0 Å². The number of rotatable bonds is 22. The lowest BCUT2D eigenvalue weighted by Crippen LogP contribution is -2.60. The van der Waals surface area contributed by atoms with Crippen molar-refractivity contribution in [3.63, 3.8) is 0 Å². The number of ether oxygens (including phenoxy) is 3. The van der Waals surface area contributed by atoms with Gasteiger partial charge in [0.15, 0.2) is 6.29 Å². The maximum Gasteiger partial charge on any atom is 0.333 e. The Morgan fingerprint density at radius 3 is 1.78 bits per heavy atom. The van der Waals surface area contributed by atoms with Gasteiger partial charge in [-0.3, -0.25) is 0 Å². The fourth-order valence-electron chi connectivity index (χ4n) is 6.71. The van der Waals surface area contributed by atoms with E-state index in [0.29, 0.717) is 17.1 Å². The van der Waals surface area contributed by atoms with Crippen molar-refractivity contribution >= 4 is 5.97 Å². The number of carbonyl (C=O) groups excluding carboxylic acids is 1. The fraction of sp³-hybridized carbons (Fsp3) is 0.775. The molecule has 8 unspecified atom stereocenters. The summed E-state index contributed by atoms with van der Waals surface area (Å²) >= 11 is 0. The standard InChI is InChI=1S/C40H70O14/c1-11-20(2)12-21(3)13-26(8)38(54-40-37(50)36(49)35(48)31(18-42)53-40)27(9)15-24(6)32(45)22(4)14-23(5)33(46)25(7)16-28(10)39(51)52-19-30(44)34(47)29(43)17-41/h13-16,20-22,25,27,29-38,40-50H,11-12,17-19H2,1-10H3/t20?,21?,22?,25?,27?,29-,30-,31-,32?,33?,34+,35-,36+,37+,38?,40+/m1/s1. The Morgan fingerprint density at radius 2 is 1.26 bits per heavy atom. The summed E-state index contributed by atoms with van der Waals surface area (Å²) < 4.78 is 17.0. The van der Waals surface area contributed by atoms with E-state index in [1.165, 1.54) is 13.0 Å². The molecule has 1 fully saturated rings. The van der Waals surface area contributed by atoms with Crippen LogP contribution in [0.15, 0.2) is 46.6 Å². The third-order valence-electron chi connectivity index (χ3n) is 10.3. The largest absolute Gasteiger partial charge is 0.459 e. The highest BCUT2D eigenvalue weighted by molar-refractivity contribution is 5.87. The molecule has 1 saturated heterocycles. The minimum absolute atomic E-state index is 0.138. The van der Waals surface area contributed by atoms with Crippen LogP contribution in [-0.4, -0.2) is 144 Å². The van der Waals surface area contributed by atoms with Crippen LogP contribution in [0.4, 0.5) is 0 Å². The zero-order valence-corrected chi connectivity index (χ0v) is 33.7. The average molecular weight is 775 g/mol. The molecule has 1 aliphatic rings. The van der Waals surface area contributed by atoms with Crippen LogP contribution in [-0.2, 0) is 19.0 Å². The van der Waals surface area contributed by atoms with E-state index in [-0.39, 0.29) is 17.4 Å². The van der Waals surface area contributed by atoms with Crippen LogP contribution in [0.3, 0.4) is 0 Å². The number of hydrogen-bond donors (Lipinski definition) is 10. The van der Waals surface area contributed by atoms with E-state index < -0.39 is 105 Å². The second kappa shape index (κ2) is 23.9. The maximum absolute atomic E-state index is 12.5. The van der Waals surface area contributed by atoms with Gasteiger partial charge in [0.2, 0.25) is 0 Å². The van der Waals surface area contributed by atoms with Crippen molar-refractivity contribution < 1.29 is 70.1 Å². The van der Waals surface area contributed by atoms with Crippen molar-refractivity contribution in [3.05, 3.63) is 46.6 Å². The first-order valence-corrected chi connectivity index (χ1v) is 19.0. The maximum atomic E-state index is 12.5. The predicted octanol–water partition coefficient (Wildman–Crippen LogP) is 1.28. The Morgan fingerprint density at radius 1 is 0.722 bits per heavy atom. The lowest BCUT2D eigenvalue weighted by atomic mass is 9.87. The molecule has 0 bridgehead atoms. The molecule has 0 saturated carbocycles. The van der Waals surface area contributed by atoms with Gasteiger partial charge in [-0.1, -0.05) is 72.3 Å². The van der Waals surface area contributed by atoms with Crippen LogP contribution in [0.5, 0.6) is 0 Å². The minimum Gasteiger partial charge on any atom is -0.459 e. The summed E-state index contributed by atoms with van der Waals surface area (Å²) in [5, 5.41) is 102. The highest BCUT2D eigenvalue weighted by Crippen LogP contribution is 2.30. The highest BCUT2D eigenvalue weighted by atomic mass is 16.7. The first-order chi connectivity index (χ1) is 25.1. The molecule has 16 atom stereocenters. The molecule has 0 aromatic heterocycles. The molecule has 10 N–H and O–H groups in total. The Bertz CT molecular complexity index is 1250. The molecular formula is C40H70O14. The normalized spacial score (nSPS) is 28.3. The van der Waals surface area contributed by atoms with Crippen molar-refractivity contribution in [2.45, 2.75) is 149 Å². The van der Waals surface area contributed by atoms with Gasteiger partial charge in [0, 0.05) is 23.3 Å². The topological polar surface area (TPSA) is 247 Å². The molecule has 54 heavy (non-hydrogen) atoms. The van der Waals surface area contributed by atoms with Gasteiger partial charge in [-0.15, -0.1) is 0 Å². The molecule has 1 heterocycles. The lowest BCUT2D eigenvalue weighted by Gasteiger charge is -2.41. The number of allylic oxidation sites excluding steroid dienone is 1. The molecule has 0 aromatic rings. The molecule has 314 valence electrons. The van der Waals surface area contributed by atoms with Gasteiger partial charge in [0.25, 0.3) is 0 Å². The Labute approximate surface area is 321 Å². The molecule has 14 heteroatoms. The van der Waals surface area contributed by atoms with Crippen LogP contribution >= 0.6 is 0 Å². The molecule has 0 aromatic carbocycles. The molecule has 0 radical (unpaired) electrons. The highest BCUT2D eigenvalue weighted by Gasteiger charge is 2.45. The van der Waals surface area contributed by atoms with E-state index in [0.717, 1.165) is 18.4 Å². The molecule has 0 aliphatic carbocycles. The summed E-state index contributed by atoms with van der Waals surface area (Å²) in [6.45, 7) is 16.7. The molecule has 14 nitrogen and oxygen atoms in total. The minimum atomic E-state index is -1.71. The first kappa shape index (κ1) is 50.0. The van der Waals surface area contributed by atoms with Gasteiger partial charge >= 0.3 is 5.97 Å². The van der Waals surface area contributed by atoms with Crippen LogP contribution in [0.1, 0.15) is 82.1 Å². The van der Waals surface area contributed by atoms with Crippen LogP contribution in [0, 0.1) is 29.6 Å². The Balaban J connectivity index is 3.18. The number of carbonyl (C=O) groups is 1. The number of hydrogen-bond acceptors (Lipinski definition) is 14. The third-order valence-corrected chi connectivity index (χ3v) is 10.3. The zero-order chi connectivity index (χ0) is 41.6. The van der Waals surface area contributed by atoms with Crippen LogP contribution in [0.2, 0.25) is 0 Å². The van der Waals surface area contributed by atoms with E-state index in [1.807, 2.05) is 19.9 Å². The molecule has 1 rings (SSSR count). The second-order valence-corrected chi connectivity index (χ2v) is 15.4.